The molecule has 1 heterocycles. The van der Waals surface area contributed by atoms with Gasteiger partial charge in [0.15, 0.2) is 0 Å². The lowest BCUT2D eigenvalue weighted by molar-refractivity contribution is 0.174. The second-order valence-electron chi connectivity index (χ2n) is 5.17. The van der Waals surface area contributed by atoms with Crippen molar-refractivity contribution in [3.8, 4) is 0 Å². The zero-order valence-corrected chi connectivity index (χ0v) is 10.2. The molecule has 0 aromatic carbocycles. The summed E-state index contributed by atoms with van der Waals surface area (Å²) in [5.41, 5.74) is 5.52. The first-order valence-electron chi connectivity index (χ1n) is 6.56. The summed E-state index contributed by atoms with van der Waals surface area (Å²) in [5, 5.41) is 10.5. The second kappa shape index (κ2) is 5.38. The highest BCUT2D eigenvalue weighted by molar-refractivity contribution is 5.81. The molecule has 1 atom stereocenters. The summed E-state index contributed by atoms with van der Waals surface area (Å²) >= 11 is 0. The minimum atomic E-state index is 0.0304. The Labute approximate surface area is 102 Å². The fourth-order valence-electron chi connectivity index (χ4n) is 2.75. The van der Waals surface area contributed by atoms with Crippen molar-refractivity contribution in [1.82, 2.24) is 10.2 Å². The molecule has 0 aromatic heterocycles. The van der Waals surface area contributed by atoms with Gasteiger partial charge >= 0.3 is 6.03 Å². The predicted molar refractivity (Wildman–Crippen MR) is 67.0 cm³/mol. The number of nitrogens with two attached hydrogens (primary N) is 1. The van der Waals surface area contributed by atoms with E-state index in [1.807, 2.05) is 4.90 Å². The number of likely N-dealkylation sites (tertiary alicyclic amines) is 1. The maximum absolute atomic E-state index is 12.0. The molecule has 5 heteroatoms. The number of nitrogens with zero attached hydrogens (tertiary/aromatic N) is 1. The Hall–Kier alpha value is -1.26. The van der Waals surface area contributed by atoms with Crippen LogP contribution >= 0.6 is 0 Å². The van der Waals surface area contributed by atoms with Crippen LogP contribution in [0.1, 0.15) is 38.5 Å². The summed E-state index contributed by atoms with van der Waals surface area (Å²) in [4.78, 5) is 13.8. The van der Waals surface area contributed by atoms with E-state index in [2.05, 4.69) is 5.32 Å². The smallest absolute Gasteiger partial charge is 0.317 e. The SMILES string of the molecule is N=C(N)C1CCCN(C(=O)NC2CCCC2)C1. The lowest BCUT2D eigenvalue weighted by atomic mass is 9.97. The number of piperidine rings is 1. The van der Waals surface area contributed by atoms with Crippen molar-refractivity contribution in [2.75, 3.05) is 13.1 Å². The van der Waals surface area contributed by atoms with Gasteiger partial charge in [0, 0.05) is 25.0 Å². The van der Waals surface area contributed by atoms with Gasteiger partial charge in [0.2, 0.25) is 0 Å². The molecule has 2 fully saturated rings. The summed E-state index contributed by atoms with van der Waals surface area (Å²) in [7, 11) is 0. The zero-order chi connectivity index (χ0) is 12.3. The first-order valence-corrected chi connectivity index (χ1v) is 6.56. The van der Waals surface area contributed by atoms with E-state index in [1.165, 1.54) is 12.8 Å². The minimum absolute atomic E-state index is 0.0304. The Kier molecular flexibility index (Phi) is 3.86. The van der Waals surface area contributed by atoms with Gasteiger partial charge in [0.05, 0.1) is 5.84 Å². The first-order chi connectivity index (χ1) is 8.16. The Morgan fingerprint density at radius 2 is 1.94 bits per heavy atom. The van der Waals surface area contributed by atoms with E-state index in [0.29, 0.717) is 12.6 Å². The first kappa shape index (κ1) is 12.2. The molecule has 1 unspecified atom stereocenters. The van der Waals surface area contributed by atoms with Crippen LogP contribution in [-0.4, -0.2) is 35.9 Å². The number of nitrogens with one attached hydrogen (secondary N) is 2. The highest BCUT2D eigenvalue weighted by Crippen LogP contribution is 2.20. The number of amidine groups is 1. The Morgan fingerprint density at radius 3 is 2.59 bits per heavy atom. The second-order valence-corrected chi connectivity index (χ2v) is 5.17. The molecule has 1 saturated carbocycles. The van der Waals surface area contributed by atoms with Crippen molar-refractivity contribution >= 4 is 11.9 Å². The average molecular weight is 238 g/mol. The maximum atomic E-state index is 12.0. The topological polar surface area (TPSA) is 82.2 Å². The van der Waals surface area contributed by atoms with E-state index >= 15 is 0 Å². The number of rotatable bonds is 2. The predicted octanol–water partition coefficient (Wildman–Crippen LogP) is 1.29. The molecule has 4 N–H and O–H groups in total. The Balaban J connectivity index is 1.83. The third-order valence-corrected chi connectivity index (χ3v) is 3.83. The van der Waals surface area contributed by atoms with E-state index in [-0.39, 0.29) is 17.8 Å². The number of urea groups is 1. The fourth-order valence-corrected chi connectivity index (χ4v) is 2.75. The summed E-state index contributed by atoms with van der Waals surface area (Å²) in [5.74, 6) is 0.265. The summed E-state index contributed by atoms with van der Waals surface area (Å²) in [6, 6.07) is 0.392. The molecule has 2 rings (SSSR count). The van der Waals surface area contributed by atoms with Crippen LogP contribution in [0, 0.1) is 11.3 Å². The maximum Gasteiger partial charge on any atom is 0.317 e. The standard InChI is InChI=1S/C12H22N4O/c13-11(14)9-4-3-7-16(8-9)12(17)15-10-5-1-2-6-10/h9-10H,1-8H2,(H3,13,14)(H,15,17). The van der Waals surface area contributed by atoms with Crippen molar-refractivity contribution in [2.45, 2.75) is 44.6 Å². The van der Waals surface area contributed by atoms with Gasteiger partial charge < -0.3 is 16.0 Å². The monoisotopic (exact) mass is 238 g/mol. The number of carbonyl (C=O) groups excluding carboxylic acids is 1. The van der Waals surface area contributed by atoms with Gasteiger partial charge in [-0.15, -0.1) is 0 Å². The molecule has 1 saturated heterocycles. The van der Waals surface area contributed by atoms with Crippen LogP contribution in [-0.2, 0) is 0 Å². The quantitative estimate of drug-likeness (QED) is 0.500. The van der Waals surface area contributed by atoms with Crippen molar-refractivity contribution in [2.24, 2.45) is 11.7 Å². The van der Waals surface area contributed by atoms with Gasteiger partial charge in [-0.1, -0.05) is 12.8 Å². The molecule has 2 amide bonds. The highest BCUT2D eigenvalue weighted by atomic mass is 16.2. The molecule has 1 aliphatic carbocycles. The normalized spacial score (nSPS) is 25.9. The van der Waals surface area contributed by atoms with Gasteiger partial charge in [-0.3, -0.25) is 5.41 Å². The molecule has 96 valence electrons. The molecule has 1 aliphatic heterocycles. The van der Waals surface area contributed by atoms with Crippen molar-refractivity contribution in [3.63, 3.8) is 0 Å². The Morgan fingerprint density at radius 1 is 1.24 bits per heavy atom. The lowest BCUT2D eigenvalue weighted by Crippen LogP contribution is -2.50. The molecule has 2 aliphatic rings. The molecule has 0 radical (unpaired) electrons. The fraction of sp³-hybridized carbons (Fsp3) is 0.833. The number of amides is 2. The van der Waals surface area contributed by atoms with Crippen LogP contribution < -0.4 is 11.1 Å². The molecule has 0 bridgehead atoms. The molecular weight excluding hydrogens is 216 g/mol. The molecule has 0 spiro atoms. The van der Waals surface area contributed by atoms with E-state index in [9.17, 15) is 4.79 Å². The van der Waals surface area contributed by atoms with Gasteiger partial charge in [0.1, 0.15) is 0 Å². The number of carbonyl (C=O) groups is 1. The van der Waals surface area contributed by atoms with Gasteiger partial charge in [-0.2, -0.15) is 0 Å². The lowest BCUT2D eigenvalue weighted by Gasteiger charge is -2.33. The highest BCUT2D eigenvalue weighted by Gasteiger charge is 2.27. The zero-order valence-electron chi connectivity index (χ0n) is 10.2. The largest absolute Gasteiger partial charge is 0.387 e. The summed E-state index contributed by atoms with van der Waals surface area (Å²) in [6.07, 6.45) is 6.54. The average Bonchev–Trinajstić information content (AvgIpc) is 2.82. The van der Waals surface area contributed by atoms with Crippen molar-refractivity contribution < 1.29 is 4.79 Å². The summed E-state index contributed by atoms with van der Waals surface area (Å²) < 4.78 is 0. The van der Waals surface area contributed by atoms with E-state index < -0.39 is 0 Å². The van der Waals surface area contributed by atoms with Crippen LogP contribution in [0.5, 0.6) is 0 Å². The molecule has 0 aromatic rings. The van der Waals surface area contributed by atoms with Crippen LogP contribution in [0.15, 0.2) is 0 Å². The molecule has 17 heavy (non-hydrogen) atoms. The van der Waals surface area contributed by atoms with Crippen molar-refractivity contribution in [1.29, 1.82) is 5.41 Å². The number of hydrogen-bond acceptors (Lipinski definition) is 2. The third-order valence-electron chi connectivity index (χ3n) is 3.83. The van der Waals surface area contributed by atoms with Gasteiger partial charge in [-0.05, 0) is 25.7 Å². The van der Waals surface area contributed by atoms with Crippen LogP contribution in [0.3, 0.4) is 0 Å². The van der Waals surface area contributed by atoms with Crippen LogP contribution in [0.2, 0.25) is 0 Å². The minimum Gasteiger partial charge on any atom is -0.387 e. The van der Waals surface area contributed by atoms with E-state index in [0.717, 1.165) is 32.2 Å². The molecular formula is C12H22N4O. The molecule has 5 nitrogen and oxygen atoms in total. The van der Waals surface area contributed by atoms with Gasteiger partial charge in [0.25, 0.3) is 0 Å². The third kappa shape index (κ3) is 3.11. The van der Waals surface area contributed by atoms with Crippen LogP contribution in [0.25, 0.3) is 0 Å². The summed E-state index contributed by atoms with van der Waals surface area (Å²) in [6.45, 7) is 1.40. The van der Waals surface area contributed by atoms with E-state index in [4.69, 9.17) is 11.1 Å². The number of hydrogen-bond donors (Lipinski definition) is 3. The Bertz CT molecular complexity index is 299. The van der Waals surface area contributed by atoms with Crippen LogP contribution in [0.4, 0.5) is 4.79 Å². The van der Waals surface area contributed by atoms with E-state index in [1.54, 1.807) is 0 Å². The van der Waals surface area contributed by atoms with Gasteiger partial charge in [-0.25, -0.2) is 4.79 Å². The van der Waals surface area contributed by atoms with Crippen molar-refractivity contribution in [3.05, 3.63) is 0 Å².